The fourth-order valence-electron chi connectivity index (χ4n) is 4.49. The van der Waals surface area contributed by atoms with Crippen molar-refractivity contribution in [3.63, 3.8) is 0 Å². The van der Waals surface area contributed by atoms with Crippen LogP contribution in [-0.4, -0.2) is 41.3 Å². The van der Waals surface area contributed by atoms with E-state index in [2.05, 4.69) is 100 Å². The van der Waals surface area contributed by atoms with Gasteiger partial charge in [0.05, 0.1) is 0 Å². The summed E-state index contributed by atoms with van der Waals surface area (Å²) < 4.78 is 9.04. The standard InChI is InChI=1S/C22H23NS2.6CH3.2Sn/c1-2-3-4-5-6-7-8-17-9-11-18(12-10-17)23-19-13-15-24-21(19)22-20(23)14-16-25-22;;;;;;;;/h9-14H,2-8H2,1H3;6*1H3;;. The normalized spacial score (nSPS) is 12.9. The van der Waals surface area contributed by atoms with E-state index in [1.807, 2.05) is 0 Å². The first-order valence-corrected chi connectivity index (χ1v) is 34.4. The quantitative estimate of drug-likeness (QED) is 0.116. The molecule has 178 valence electrons. The molecule has 0 fully saturated rings. The number of nitrogens with zero attached hydrogens (tertiary/aromatic N) is 1. The van der Waals surface area contributed by atoms with Gasteiger partial charge in [-0.2, -0.15) is 0 Å². The molecule has 0 saturated carbocycles. The van der Waals surface area contributed by atoms with Gasteiger partial charge in [-0.25, -0.2) is 0 Å². The Morgan fingerprint density at radius 2 is 1.15 bits per heavy atom. The third-order valence-electron chi connectivity index (χ3n) is 6.60. The second kappa shape index (κ2) is 10.6. The van der Waals surface area contributed by atoms with E-state index in [0.717, 1.165) is 0 Å². The van der Waals surface area contributed by atoms with E-state index >= 15 is 0 Å². The second-order valence-corrected chi connectivity index (χ2v) is 44.6. The second-order valence-electron chi connectivity index (χ2n) is 11.7. The summed E-state index contributed by atoms with van der Waals surface area (Å²) in [5.74, 6) is 0. The molecule has 1 aromatic carbocycles. The molecule has 0 aliphatic heterocycles. The van der Waals surface area contributed by atoms with Gasteiger partial charge in [0.25, 0.3) is 0 Å². The van der Waals surface area contributed by atoms with Crippen LogP contribution in [0.25, 0.3) is 26.1 Å². The SMILES string of the molecule is CCCCCCCCc1ccc(-n2c3c[c]([Sn]([CH3])([CH3])[CH3])sc3c3s[c]([Sn]([CH3])([CH3])[CH3])cc32)cc1. The predicted octanol–water partition coefficient (Wildman–Crippen LogP) is 8.90. The maximum absolute atomic E-state index is 2.58. The number of hydrogen-bond acceptors (Lipinski definition) is 2. The van der Waals surface area contributed by atoms with E-state index in [1.165, 1.54) is 76.6 Å². The molecule has 0 radical (unpaired) electrons. The van der Waals surface area contributed by atoms with Gasteiger partial charge in [-0.1, -0.05) is 26.2 Å². The van der Waals surface area contributed by atoms with E-state index in [-0.39, 0.29) is 0 Å². The number of rotatable bonds is 10. The first kappa shape index (κ1) is 26.1. The average molecular weight is 693 g/mol. The summed E-state index contributed by atoms with van der Waals surface area (Å²) in [6.07, 6.45) is 9.41. The Bertz CT molecular complexity index is 1150. The minimum absolute atomic E-state index is 1.21. The topological polar surface area (TPSA) is 4.93 Å². The third kappa shape index (κ3) is 5.88. The van der Waals surface area contributed by atoms with Crippen molar-refractivity contribution in [1.82, 2.24) is 4.57 Å². The monoisotopic (exact) mass is 695 g/mol. The van der Waals surface area contributed by atoms with Crippen molar-refractivity contribution in [2.45, 2.75) is 81.5 Å². The van der Waals surface area contributed by atoms with Gasteiger partial charge in [0.2, 0.25) is 0 Å². The molecule has 5 heteroatoms. The number of benzene rings is 1. The molecule has 0 amide bonds. The van der Waals surface area contributed by atoms with Gasteiger partial charge in [-0.15, -0.1) is 0 Å². The fraction of sp³-hybridized carbons (Fsp3) is 0.500. The third-order valence-corrected chi connectivity index (χ3v) is 27.9. The molecule has 3 heterocycles. The van der Waals surface area contributed by atoms with Crippen molar-refractivity contribution in [2.75, 3.05) is 0 Å². The van der Waals surface area contributed by atoms with Crippen molar-refractivity contribution in [3.05, 3.63) is 42.0 Å². The van der Waals surface area contributed by atoms with Crippen LogP contribution in [0.2, 0.25) is 29.6 Å². The predicted molar refractivity (Wildman–Crippen MR) is 160 cm³/mol. The van der Waals surface area contributed by atoms with Gasteiger partial charge < -0.3 is 0 Å². The molecule has 4 rings (SSSR count). The molecule has 0 aliphatic carbocycles. The molecule has 1 nitrogen and oxygen atoms in total. The van der Waals surface area contributed by atoms with E-state index in [1.54, 1.807) is 5.79 Å². The van der Waals surface area contributed by atoms with Gasteiger partial charge in [0, 0.05) is 0 Å². The molecule has 33 heavy (non-hydrogen) atoms. The summed E-state index contributed by atoms with van der Waals surface area (Å²) in [4.78, 5) is 15.3. The Labute approximate surface area is 217 Å². The first-order valence-electron chi connectivity index (χ1n) is 12.8. The Kier molecular flexibility index (Phi) is 8.35. The molecular formula is C28H41NS2Sn2. The fourth-order valence-corrected chi connectivity index (χ4v) is 17.3. The van der Waals surface area contributed by atoms with Gasteiger partial charge in [0.1, 0.15) is 0 Å². The first-order chi connectivity index (χ1) is 15.6. The van der Waals surface area contributed by atoms with Crippen LogP contribution in [-0.2, 0) is 6.42 Å². The zero-order valence-corrected chi connectivity index (χ0v) is 29.0. The van der Waals surface area contributed by atoms with Crippen molar-refractivity contribution in [2.24, 2.45) is 0 Å². The van der Waals surface area contributed by atoms with Crippen LogP contribution in [0.5, 0.6) is 0 Å². The Hall–Kier alpha value is 0.0174. The van der Waals surface area contributed by atoms with Crippen molar-refractivity contribution in [3.8, 4) is 5.69 Å². The van der Waals surface area contributed by atoms with Gasteiger partial charge in [0.15, 0.2) is 0 Å². The molecule has 3 aromatic heterocycles. The number of aromatic nitrogens is 1. The van der Waals surface area contributed by atoms with E-state index in [0.29, 0.717) is 0 Å². The van der Waals surface area contributed by atoms with E-state index < -0.39 is 36.8 Å². The average Bonchev–Trinajstić information content (AvgIpc) is 3.41. The number of thiophene rings is 2. The van der Waals surface area contributed by atoms with Crippen LogP contribution in [0.15, 0.2) is 36.4 Å². The molecule has 0 saturated heterocycles. The number of fused-ring (bicyclic) bond motifs is 3. The van der Waals surface area contributed by atoms with Gasteiger partial charge >= 0.3 is 193 Å². The molecule has 0 aliphatic rings. The Balaban J connectivity index is 1.68. The number of hydrogen-bond donors (Lipinski definition) is 0. The summed E-state index contributed by atoms with van der Waals surface area (Å²) in [6, 6.07) is 14.6. The maximum atomic E-state index is 2.58. The molecule has 0 spiro atoms. The van der Waals surface area contributed by atoms with Crippen molar-refractivity contribution in [1.29, 1.82) is 0 Å². The van der Waals surface area contributed by atoms with Gasteiger partial charge in [-0.3, -0.25) is 0 Å². The van der Waals surface area contributed by atoms with Crippen molar-refractivity contribution < 1.29 is 0 Å². The summed E-state index contributed by atoms with van der Waals surface area (Å²) in [5.41, 5.74) is 5.72. The van der Waals surface area contributed by atoms with Crippen LogP contribution < -0.4 is 5.79 Å². The molecular weight excluding hydrogens is 652 g/mol. The number of aryl methyl sites for hydroxylation is 1. The minimum atomic E-state index is -2.11. The Morgan fingerprint density at radius 1 is 0.667 bits per heavy atom. The van der Waals surface area contributed by atoms with Gasteiger partial charge in [-0.05, 0) is 0 Å². The van der Waals surface area contributed by atoms with Crippen LogP contribution in [0, 0.1) is 0 Å². The zero-order chi connectivity index (χ0) is 23.8. The molecule has 0 atom stereocenters. The molecule has 0 unspecified atom stereocenters. The molecule has 0 bridgehead atoms. The summed E-state index contributed by atoms with van der Waals surface area (Å²) in [5, 5.41) is 0. The summed E-state index contributed by atoms with van der Waals surface area (Å²) >= 11 is -0.0226. The van der Waals surface area contributed by atoms with E-state index in [4.69, 9.17) is 0 Å². The van der Waals surface area contributed by atoms with Crippen molar-refractivity contribution >= 4 is 85.6 Å². The molecule has 4 aromatic rings. The van der Waals surface area contributed by atoms with Crippen LogP contribution in [0.4, 0.5) is 0 Å². The Morgan fingerprint density at radius 3 is 1.64 bits per heavy atom. The van der Waals surface area contributed by atoms with Crippen LogP contribution in [0.3, 0.4) is 0 Å². The summed E-state index contributed by atoms with van der Waals surface area (Å²) in [7, 11) is 0. The zero-order valence-electron chi connectivity index (χ0n) is 21.7. The van der Waals surface area contributed by atoms with E-state index in [9.17, 15) is 0 Å². The van der Waals surface area contributed by atoms with Crippen LogP contribution >= 0.6 is 22.7 Å². The number of unbranched alkanes of at least 4 members (excludes halogenated alkanes) is 5. The van der Waals surface area contributed by atoms with Crippen LogP contribution in [0.1, 0.15) is 51.0 Å². The molecule has 0 N–H and O–H groups in total. The summed E-state index contributed by atoms with van der Waals surface area (Å²) in [6.45, 7) is 2.29.